The number of benzene rings is 2. The predicted molar refractivity (Wildman–Crippen MR) is 118 cm³/mol. The highest BCUT2D eigenvalue weighted by atomic mass is 79.9. The van der Waals surface area contributed by atoms with Crippen molar-refractivity contribution < 1.29 is 23.5 Å². The van der Waals surface area contributed by atoms with Crippen molar-refractivity contribution in [2.75, 3.05) is 19.6 Å². The van der Waals surface area contributed by atoms with Crippen LogP contribution in [-0.2, 0) is 9.59 Å². The van der Waals surface area contributed by atoms with E-state index in [1.54, 1.807) is 36.4 Å². The van der Waals surface area contributed by atoms with Gasteiger partial charge in [-0.25, -0.2) is 4.98 Å². The molecule has 0 bridgehead atoms. The summed E-state index contributed by atoms with van der Waals surface area (Å²) in [5, 5.41) is 20.3. The van der Waals surface area contributed by atoms with Crippen LogP contribution in [0, 0.1) is 11.3 Å². The van der Waals surface area contributed by atoms with E-state index in [9.17, 15) is 23.6 Å². The summed E-state index contributed by atoms with van der Waals surface area (Å²) in [6.45, 7) is -1.88. The standard InChI is InChI=1S/C20H16BrF2N5O3S/c21-16-8-27-19(32-20(22,23)11-25-9-17(29)26-10-18(30)31)28(16)15-6-5-12(7-24)13-3-1-2-4-14(13)15/h1-6,8,25H,9-11H2,(H,26,29)(H,30,31). The number of carbonyl (C=O) groups excluding carboxylic acids is 1. The van der Waals surface area contributed by atoms with Gasteiger partial charge in [0.25, 0.3) is 0 Å². The van der Waals surface area contributed by atoms with Crippen LogP contribution in [0.25, 0.3) is 16.5 Å². The molecule has 12 heteroatoms. The zero-order chi connectivity index (χ0) is 23.3. The van der Waals surface area contributed by atoms with Gasteiger partial charge in [0, 0.05) is 10.8 Å². The smallest absolute Gasteiger partial charge is 0.322 e. The minimum absolute atomic E-state index is 0.00821. The SMILES string of the molecule is N#Cc1ccc(-n2c(Br)cnc2SC(F)(F)CNCC(=O)NCC(=O)O)c2ccccc12. The van der Waals surface area contributed by atoms with E-state index in [1.165, 1.54) is 10.8 Å². The molecule has 0 radical (unpaired) electrons. The zero-order valence-electron chi connectivity index (χ0n) is 16.3. The predicted octanol–water partition coefficient (Wildman–Crippen LogP) is 3.13. The molecule has 32 heavy (non-hydrogen) atoms. The van der Waals surface area contributed by atoms with Gasteiger partial charge < -0.3 is 15.7 Å². The maximum absolute atomic E-state index is 14.6. The van der Waals surface area contributed by atoms with E-state index in [0.29, 0.717) is 26.6 Å². The highest BCUT2D eigenvalue weighted by Gasteiger charge is 2.33. The molecular weight excluding hydrogens is 508 g/mol. The van der Waals surface area contributed by atoms with Gasteiger partial charge in [0.05, 0.1) is 36.6 Å². The summed E-state index contributed by atoms with van der Waals surface area (Å²) in [6.07, 6.45) is 1.40. The number of thioether (sulfide) groups is 1. The molecule has 2 aromatic carbocycles. The van der Waals surface area contributed by atoms with Crippen LogP contribution in [0.2, 0.25) is 0 Å². The molecule has 1 aromatic heterocycles. The Morgan fingerprint density at radius 3 is 2.62 bits per heavy atom. The third kappa shape index (κ3) is 5.61. The van der Waals surface area contributed by atoms with Gasteiger partial charge in [0.15, 0.2) is 5.16 Å². The number of carboxylic acids is 1. The fourth-order valence-corrected chi connectivity index (χ4v) is 4.32. The number of rotatable bonds is 9. The lowest BCUT2D eigenvalue weighted by molar-refractivity contribution is -0.137. The van der Waals surface area contributed by atoms with Gasteiger partial charge in [0.2, 0.25) is 5.91 Å². The Kier molecular flexibility index (Phi) is 7.44. The third-order valence-corrected chi connectivity index (χ3v) is 5.72. The molecular formula is C20H16BrF2N5O3S. The Labute approximate surface area is 193 Å². The minimum Gasteiger partial charge on any atom is -0.480 e. The van der Waals surface area contributed by atoms with Gasteiger partial charge in [-0.15, -0.1) is 0 Å². The van der Waals surface area contributed by atoms with Crippen LogP contribution in [0.4, 0.5) is 8.78 Å². The van der Waals surface area contributed by atoms with Crippen molar-refractivity contribution >= 4 is 50.3 Å². The summed E-state index contributed by atoms with van der Waals surface area (Å²) in [4.78, 5) is 26.0. The van der Waals surface area contributed by atoms with E-state index in [1.807, 2.05) is 0 Å². The lowest BCUT2D eigenvalue weighted by Gasteiger charge is -2.18. The molecule has 0 aliphatic heterocycles. The monoisotopic (exact) mass is 523 g/mol. The fraction of sp³-hybridized carbons (Fsp3) is 0.200. The van der Waals surface area contributed by atoms with Crippen molar-refractivity contribution in [1.29, 1.82) is 5.26 Å². The van der Waals surface area contributed by atoms with E-state index in [0.717, 1.165) is 0 Å². The molecule has 0 aliphatic rings. The Morgan fingerprint density at radius 1 is 1.22 bits per heavy atom. The second-order valence-electron chi connectivity index (χ2n) is 6.50. The van der Waals surface area contributed by atoms with Crippen molar-refractivity contribution in [2.24, 2.45) is 0 Å². The van der Waals surface area contributed by atoms with Gasteiger partial charge >= 0.3 is 11.2 Å². The molecule has 1 amide bonds. The van der Waals surface area contributed by atoms with E-state index in [2.05, 4.69) is 37.6 Å². The Balaban J connectivity index is 1.80. The molecule has 3 aromatic rings. The molecule has 0 saturated heterocycles. The Hall–Kier alpha value is -3.01. The van der Waals surface area contributed by atoms with Crippen molar-refractivity contribution in [3.63, 3.8) is 0 Å². The fourth-order valence-electron chi connectivity index (χ4n) is 2.91. The molecule has 3 rings (SSSR count). The van der Waals surface area contributed by atoms with Gasteiger partial charge in [0.1, 0.15) is 11.1 Å². The number of imidazole rings is 1. The molecule has 166 valence electrons. The summed E-state index contributed by atoms with van der Waals surface area (Å²) in [6, 6.07) is 12.6. The van der Waals surface area contributed by atoms with Crippen LogP contribution in [0.15, 0.2) is 52.4 Å². The lowest BCUT2D eigenvalue weighted by atomic mass is 10.0. The van der Waals surface area contributed by atoms with Gasteiger partial charge in [-0.3, -0.25) is 14.2 Å². The lowest BCUT2D eigenvalue weighted by Crippen LogP contribution is -2.40. The van der Waals surface area contributed by atoms with Crippen molar-refractivity contribution in [1.82, 2.24) is 20.2 Å². The number of aliphatic carboxylic acids is 1. The number of hydrogen-bond donors (Lipinski definition) is 3. The van der Waals surface area contributed by atoms with E-state index >= 15 is 0 Å². The first-order valence-electron chi connectivity index (χ1n) is 9.13. The molecule has 1 heterocycles. The van der Waals surface area contributed by atoms with Crippen molar-refractivity contribution in [3.05, 3.63) is 52.8 Å². The van der Waals surface area contributed by atoms with Crippen LogP contribution in [0.5, 0.6) is 0 Å². The van der Waals surface area contributed by atoms with Gasteiger partial charge in [-0.05, 0) is 39.8 Å². The Bertz CT molecular complexity index is 1210. The average molecular weight is 524 g/mol. The average Bonchev–Trinajstić information content (AvgIpc) is 3.10. The molecule has 8 nitrogen and oxygen atoms in total. The van der Waals surface area contributed by atoms with Gasteiger partial charge in [-0.1, -0.05) is 24.3 Å². The number of carboxylic acid groups (broad SMARTS) is 1. The number of amides is 1. The van der Waals surface area contributed by atoms with Crippen LogP contribution in [0.1, 0.15) is 5.56 Å². The molecule has 0 atom stereocenters. The highest BCUT2D eigenvalue weighted by Crippen LogP contribution is 2.38. The summed E-state index contributed by atoms with van der Waals surface area (Å²) >= 11 is 3.56. The molecule has 0 fully saturated rings. The molecule has 0 saturated carbocycles. The highest BCUT2D eigenvalue weighted by molar-refractivity contribution is 9.10. The quantitative estimate of drug-likeness (QED) is 0.368. The summed E-state index contributed by atoms with van der Waals surface area (Å²) < 4.78 is 31.1. The first kappa shape index (κ1) is 23.6. The van der Waals surface area contributed by atoms with E-state index < -0.39 is 36.8 Å². The van der Waals surface area contributed by atoms with E-state index in [4.69, 9.17) is 5.11 Å². The van der Waals surface area contributed by atoms with Gasteiger partial charge in [-0.2, -0.15) is 14.0 Å². The molecule has 0 aliphatic carbocycles. The normalized spacial score (nSPS) is 11.3. The number of carbonyl (C=O) groups is 2. The van der Waals surface area contributed by atoms with Crippen LogP contribution in [0.3, 0.4) is 0 Å². The first-order valence-corrected chi connectivity index (χ1v) is 10.7. The second-order valence-corrected chi connectivity index (χ2v) is 8.48. The third-order valence-electron chi connectivity index (χ3n) is 4.24. The minimum atomic E-state index is -3.32. The van der Waals surface area contributed by atoms with Crippen molar-refractivity contribution in [2.45, 2.75) is 10.4 Å². The molecule has 0 spiro atoms. The topological polar surface area (TPSA) is 120 Å². The number of alkyl halides is 2. The first-order chi connectivity index (χ1) is 15.2. The van der Waals surface area contributed by atoms with Crippen LogP contribution >= 0.6 is 27.7 Å². The zero-order valence-corrected chi connectivity index (χ0v) is 18.7. The number of halogens is 3. The Morgan fingerprint density at radius 2 is 1.94 bits per heavy atom. The number of fused-ring (bicyclic) bond motifs is 1. The maximum Gasteiger partial charge on any atom is 0.322 e. The number of nitrogens with one attached hydrogen (secondary N) is 2. The van der Waals surface area contributed by atoms with E-state index in [-0.39, 0.29) is 16.9 Å². The molecule has 3 N–H and O–H groups in total. The van der Waals surface area contributed by atoms with Crippen LogP contribution < -0.4 is 10.6 Å². The van der Waals surface area contributed by atoms with Crippen LogP contribution in [-0.4, -0.2) is 51.4 Å². The largest absolute Gasteiger partial charge is 0.480 e. The number of nitriles is 1. The number of hydrogen-bond acceptors (Lipinski definition) is 6. The summed E-state index contributed by atoms with van der Waals surface area (Å²) in [5.41, 5.74) is 1.04. The number of nitrogens with zero attached hydrogens (tertiary/aromatic N) is 3. The maximum atomic E-state index is 14.6. The summed E-state index contributed by atoms with van der Waals surface area (Å²) in [5.74, 6) is -1.94. The summed E-state index contributed by atoms with van der Waals surface area (Å²) in [7, 11) is 0. The van der Waals surface area contributed by atoms with Crippen molar-refractivity contribution in [3.8, 4) is 11.8 Å². The molecule has 0 unspecified atom stereocenters. The second kappa shape index (κ2) is 10.1. The number of aromatic nitrogens is 2.